The fraction of sp³-hybridized carbons (Fsp3) is 0.250. The molecule has 1 atom stereocenters. The van der Waals surface area contributed by atoms with Crippen LogP contribution in [0.1, 0.15) is 25.3 Å². The highest BCUT2D eigenvalue weighted by Crippen LogP contribution is 2.40. The monoisotopic (exact) mass is 410 g/mol. The van der Waals surface area contributed by atoms with Gasteiger partial charge in [0.2, 0.25) is 5.88 Å². The Labute approximate surface area is 142 Å². The van der Waals surface area contributed by atoms with Gasteiger partial charge in [0.15, 0.2) is 0 Å². The number of nitriles is 1. The molecule has 1 heterocycles. The molecule has 0 bridgehead atoms. The molecule has 0 aliphatic carbocycles. The van der Waals surface area contributed by atoms with Gasteiger partial charge in [0.05, 0.1) is 18.1 Å². The first-order chi connectivity index (χ1) is 10.5. The molecule has 1 aromatic carbocycles. The van der Waals surface area contributed by atoms with Crippen LogP contribution in [0.25, 0.3) is 0 Å². The molecule has 22 heavy (non-hydrogen) atoms. The van der Waals surface area contributed by atoms with E-state index in [0.29, 0.717) is 11.3 Å². The predicted molar refractivity (Wildman–Crippen MR) is 89.1 cm³/mol. The molecular weight excluding hydrogens is 395 g/mol. The molecule has 1 aromatic rings. The van der Waals surface area contributed by atoms with E-state index in [-0.39, 0.29) is 18.1 Å². The molecule has 0 aromatic heterocycles. The second-order valence-corrected chi connectivity index (χ2v) is 5.80. The van der Waals surface area contributed by atoms with Gasteiger partial charge in [0, 0.05) is 3.57 Å². The smallest absolute Gasteiger partial charge is 0.338 e. The quantitative estimate of drug-likeness (QED) is 0.612. The van der Waals surface area contributed by atoms with Gasteiger partial charge in [-0.15, -0.1) is 0 Å². The van der Waals surface area contributed by atoms with Gasteiger partial charge in [-0.05, 0) is 48.1 Å². The van der Waals surface area contributed by atoms with Crippen molar-refractivity contribution in [3.63, 3.8) is 0 Å². The third-order valence-corrected chi connectivity index (χ3v) is 4.30. The van der Waals surface area contributed by atoms with Crippen LogP contribution in [0.3, 0.4) is 0 Å². The number of halogens is 1. The summed E-state index contributed by atoms with van der Waals surface area (Å²) in [7, 11) is 0. The summed E-state index contributed by atoms with van der Waals surface area (Å²) < 4.78 is 11.4. The van der Waals surface area contributed by atoms with Gasteiger partial charge in [0.25, 0.3) is 0 Å². The second kappa shape index (κ2) is 6.83. The van der Waals surface area contributed by atoms with Gasteiger partial charge >= 0.3 is 5.97 Å². The lowest BCUT2D eigenvalue weighted by Gasteiger charge is -2.27. The van der Waals surface area contributed by atoms with E-state index in [1.54, 1.807) is 13.8 Å². The number of hydrogen-bond donors (Lipinski definition) is 1. The van der Waals surface area contributed by atoms with Crippen LogP contribution in [0.15, 0.2) is 47.1 Å². The highest BCUT2D eigenvalue weighted by Gasteiger charge is 2.36. The van der Waals surface area contributed by atoms with Crippen molar-refractivity contribution in [2.75, 3.05) is 6.61 Å². The van der Waals surface area contributed by atoms with Crippen LogP contribution in [0, 0.1) is 14.9 Å². The van der Waals surface area contributed by atoms with E-state index in [2.05, 4.69) is 28.7 Å². The minimum Gasteiger partial charge on any atom is -0.463 e. The van der Waals surface area contributed by atoms with Crippen LogP contribution in [0.2, 0.25) is 0 Å². The molecular formula is C16H15IN2O3. The largest absolute Gasteiger partial charge is 0.463 e. The van der Waals surface area contributed by atoms with Crippen molar-refractivity contribution in [3.05, 3.63) is 56.2 Å². The third-order valence-electron chi connectivity index (χ3n) is 3.32. The molecule has 1 aliphatic rings. The molecule has 0 saturated heterocycles. The summed E-state index contributed by atoms with van der Waals surface area (Å²) in [5, 5.41) is 9.45. The number of carbonyl (C=O) groups excluding carboxylic acids is 1. The lowest BCUT2D eigenvalue weighted by molar-refractivity contribution is -0.139. The fourth-order valence-electron chi connectivity index (χ4n) is 2.38. The van der Waals surface area contributed by atoms with Crippen LogP contribution in [-0.2, 0) is 14.3 Å². The van der Waals surface area contributed by atoms with Crippen LogP contribution in [-0.4, -0.2) is 12.6 Å². The number of carbonyl (C=O) groups is 1. The SMILES string of the molecule is CCOC(=O)C1=C(C)OC(N)=C(C#N)[C@H]1c1ccccc1I. The lowest BCUT2D eigenvalue weighted by atomic mass is 9.83. The van der Waals surface area contributed by atoms with Crippen LogP contribution < -0.4 is 5.73 Å². The Morgan fingerprint density at radius 2 is 2.18 bits per heavy atom. The molecule has 0 fully saturated rings. The van der Waals surface area contributed by atoms with E-state index >= 15 is 0 Å². The van der Waals surface area contributed by atoms with Crippen molar-refractivity contribution in [2.45, 2.75) is 19.8 Å². The van der Waals surface area contributed by atoms with Gasteiger partial charge in [-0.1, -0.05) is 18.2 Å². The lowest BCUT2D eigenvalue weighted by Crippen LogP contribution is -2.26. The summed E-state index contributed by atoms with van der Waals surface area (Å²) in [6, 6.07) is 9.59. The van der Waals surface area contributed by atoms with Crippen molar-refractivity contribution in [1.82, 2.24) is 0 Å². The number of esters is 1. The summed E-state index contributed by atoms with van der Waals surface area (Å²) in [6.07, 6.45) is 0. The molecule has 2 rings (SSSR count). The van der Waals surface area contributed by atoms with Crippen LogP contribution >= 0.6 is 22.6 Å². The third kappa shape index (κ3) is 2.95. The Morgan fingerprint density at radius 3 is 2.77 bits per heavy atom. The van der Waals surface area contributed by atoms with Crippen LogP contribution in [0.4, 0.5) is 0 Å². The maximum atomic E-state index is 12.3. The van der Waals surface area contributed by atoms with E-state index in [0.717, 1.165) is 9.13 Å². The Balaban J connectivity index is 2.65. The molecule has 0 radical (unpaired) electrons. The molecule has 1 aliphatic heterocycles. The summed E-state index contributed by atoms with van der Waals surface area (Å²) >= 11 is 2.17. The van der Waals surface area contributed by atoms with Crippen molar-refractivity contribution in [2.24, 2.45) is 5.73 Å². The number of benzene rings is 1. The van der Waals surface area contributed by atoms with Gasteiger partial charge < -0.3 is 15.2 Å². The molecule has 5 nitrogen and oxygen atoms in total. The van der Waals surface area contributed by atoms with Crippen molar-refractivity contribution in [3.8, 4) is 6.07 Å². The van der Waals surface area contributed by atoms with E-state index in [1.807, 2.05) is 24.3 Å². The number of allylic oxidation sites excluding steroid dienone is 2. The highest BCUT2D eigenvalue weighted by molar-refractivity contribution is 14.1. The molecule has 0 spiro atoms. The van der Waals surface area contributed by atoms with Gasteiger partial charge in [-0.3, -0.25) is 0 Å². The van der Waals surface area contributed by atoms with Crippen molar-refractivity contribution >= 4 is 28.6 Å². The number of hydrogen-bond acceptors (Lipinski definition) is 5. The fourth-order valence-corrected chi connectivity index (χ4v) is 3.07. The Bertz CT molecular complexity index is 716. The van der Waals surface area contributed by atoms with E-state index in [4.69, 9.17) is 15.2 Å². The van der Waals surface area contributed by atoms with E-state index in [1.165, 1.54) is 0 Å². The van der Waals surface area contributed by atoms with Gasteiger partial charge in [-0.25, -0.2) is 4.79 Å². The van der Waals surface area contributed by atoms with E-state index in [9.17, 15) is 10.1 Å². The summed E-state index contributed by atoms with van der Waals surface area (Å²) in [6.45, 7) is 3.62. The van der Waals surface area contributed by atoms with Gasteiger partial charge in [0.1, 0.15) is 17.4 Å². The molecule has 0 amide bonds. The Morgan fingerprint density at radius 1 is 1.50 bits per heavy atom. The van der Waals surface area contributed by atoms with E-state index < -0.39 is 11.9 Å². The van der Waals surface area contributed by atoms with Crippen LogP contribution in [0.5, 0.6) is 0 Å². The predicted octanol–water partition coefficient (Wildman–Crippen LogP) is 2.94. The standard InChI is InChI=1S/C16H15IN2O3/c1-3-21-16(20)13-9(2)22-15(19)11(8-18)14(13)10-6-4-5-7-12(10)17/h4-7,14H,3,19H2,1-2H3/t14-/m1/s1. The zero-order valence-electron chi connectivity index (χ0n) is 12.2. The normalized spacial score (nSPS) is 17.8. The summed E-state index contributed by atoms with van der Waals surface area (Å²) in [5.74, 6) is -0.687. The first kappa shape index (κ1) is 16.4. The minimum absolute atomic E-state index is 0.0256. The number of ether oxygens (including phenoxy) is 2. The zero-order valence-corrected chi connectivity index (χ0v) is 14.4. The average Bonchev–Trinajstić information content (AvgIpc) is 2.47. The average molecular weight is 410 g/mol. The number of nitrogens with zero attached hydrogens (tertiary/aromatic N) is 1. The molecule has 2 N–H and O–H groups in total. The topological polar surface area (TPSA) is 85.3 Å². The maximum absolute atomic E-state index is 12.3. The molecule has 0 saturated carbocycles. The second-order valence-electron chi connectivity index (χ2n) is 4.64. The number of nitrogens with two attached hydrogens (primary N) is 1. The first-order valence-electron chi connectivity index (χ1n) is 6.71. The van der Waals surface area contributed by atoms with Gasteiger partial charge in [-0.2, -0.15) is 5.26 Å². The van der Waals surface area contributed by atoms with Crippen molar-refractivity contribution in [1.29, 1.82) is 5.26 Å². The molecule has 6 heteroatoms. The zero-order chi connectivity index (χ0) is 16.3. The Kier molecular flexibility index (Phi) is 5.08. The highest BCUT2D eigenvalue weighted by atomic mass is 127. The first-order valence-corrected chi connectivity index (χ1v) is 7.79. The maximum Gasteiger partial charge on any atom is 0.338 e. The summed E-state index contributed by atoms with van der Waals surface area (Å²) in [4.78, 5) is 12.3. The Hall–Kier alpha value is -2.01. The molecule has 114 valence electrons. The minimum atomic E-state index is -0.578. The summed E-state index contributed by atoms with van der Waals surface area (Å²) in [5.41, 5.74) is 7.20. The molecule has 0 unspecified atom stereocenters. The number of rotatable bonds is 3. The van der Waals surface area contributed by atoms with Crippen molar-refractivity contribution < 1.29 is 14.3 Å².